The Hall–Kier alpha value is -1.17. The minimum absolute atomic E-state index is 0.101. The van der Waals surface area contributed by atoms with Crippen LogP contribution in [0.2, 0.25) is 0 Å². The first kappa shape index (κ1) is 13.3. The van der Waals surface area contributed by atoms with E-state index in [9.17, 15) is 5.11 Å². The molecule has 18 heavy (non-hydrogen) atoms. The Kier molecular flexibility index (Phi) is 4.52. The van der Waals surface area contributed by atoms with Gasteiger partial charge >= 0.3 is 0 Å². The molecule has 4 nitrogen and oxygen atoms in total. The van der Waals surface area contributed by atoms with Gasteiger partial charge in [-0.25, -0.2) is 4.98 Å². The quantitative estimate of drug-likeness (QED) is 0.839. The van der Waals surface area contributed by atoms with Gasteiger partial charge in [-0.2, -0.15) is 0 Å². The summed E-state index contributed by atoms with van der Waals surface area (Å²) in [6.07, 6.45) is 4.23. The summed E-state index contributed by atoms with van der Waals surface area (Å²) in [5, 5.41) is 14.9. The Morgan fingerprint density at radius 3 is 2.94 bits per heavy atom. The summed E-state index contributed by atoms with van der Waals surface area (Å²) < 4.78 is 2.03. The highest BCUT2D eigenvalue weighted by molar-refractivity contribution is 7.10. The number of aliphatic hydroxyl groups is 1. The Morgan fingerprint density at radius 1 is 1.56 bits per heavy atom. The molecule has 2 heterocycles. The van der Waals surface area contributed by atoms with Gasteiger partial charge in [0.25, 0.3) is 0 Å². The van der Waals surface area contributed by atoms with Crippen molar-refractivity contribution in [1.82, 2.24) is 14.9 Å². The zero-order chi connectivity index (χ0) is 13.0. The van der Waals surface area contributed by atoms with Crippen molar-refractivity contribution in [3.8, 4) is 0 Å². The van der Waals surface area contributed by atoms with Crippen LogP contribution in [0.4, 0.5) is 0 Å². The van der Waals surface area contributed by atoms with E-state index in [-0.39, 0.29) is 12.1 Å². The molecule has 0 fully saturated rings. The molecule has 2 aromatic rings. The van der Waals surface area contributed by atoms with Crippen molar-refractivity contribution in [3.05, 3.63) is 40.6 Å². The van der Waals surface area contributed by atoms with E-state index >= 15 is 0 Å². The van der Waals surface area contributed by atoms with E-state index in [0.717, 1.165) is 18.8 Å². The summed E-state index contributed by atoms with van der Waals surface area (Å²) >= 11 is 1.72. The maximum Gasteiger partial charge on any atom is 0.131 e. The molecule has 0 aliphatic carbocycles. The van der Waals surface area contributed by atoms with Crippen LogP contribution in [0.5, 0.6) is 0 Å². The zero-order valence-corrected chi connectivity index (χ0v) is 11.5. The topological polar surface area (TPSA) is 50.1 Å². The fraction of sp³-hybridized carbons (Fsp3) is 0.462. The van der Waals surface area contributed by atoms with Crippen molar-refractivity contribution in [2.45, 2.75) is 25.5 Å². The molecule has 2 aromatic heterocycles. The standard InChI is InChI=1S/C13H19N3OS/c1-10(17)5-6-14-12(11-4-3-9-18-11)13-15-7-8-16(13)2/h3-4,7-10,12,14,17H,5-6H2,1-2H3. The van der Waals surface area contributed by atoms with E-state index in [2.05, 4.69) is 21.7 Å². The van der Waals surface area contributed by atoms with Gasteiger partial charge in [0.1, 0.15) is 11.9 Å². The predicted octanol–water partition coefficient (Wildman–Crippen LogP) is 1.93. The van der Waals surface area contributed by atoms with E-state index in [1.54, 1.807) is 11.3 Å². The third-order valence-corrected chi connectivity index (χ3v) is 3.79. The van der Waals surface area contributed by atoms with E-state index < -0.39 is 0 Å². The summed E-state index contributed by atoms with van der Waals surface area (Å²) in [7, 11) is 2.00. The van der Waals surface area contributed by atoms with Crippen molar-refractivity contribution in [2.24, 2.45) is 7.05 Å². The van der Waals surface area contributed by atoms with Crippen molar-refractivity contribution in [2.75, 3.05) is 6.54 Å². The number of aryl methyl sites for hydroxylation is 1. The highest BCUT2D eigenvalue weighted by atomic mass is 32.1. The largest absolute Gasteiger partial charge is 0.393 e. The van der Waals surface area contributed by atoms with Gasteiger partial charge in [0, 0.05) is 24.3 Å². The predicted molar refractivity (Wildman–Crippen MR) is 73.7 cm³/mol. The van der Waals surface area contributed by atoms with Crippen LogP contribution >= 0.6 is 11.3 Å². The van der Waals surface area contributed by atoms with E-state index in [0.29, 0.717) is 0 Å². The second-order valence-electron chi connectivity index (χ2n) is 4.44. The van der Waals surface area contributed by atoms with Crippen LogP contribution in [0.1, 0.15) is 30.1 Å². The lowest BCUT2D eigenvalue weighted by molar-refractivity contribution is 0.182. The van der Waals surface area contributed by atoms with Crippen molar-refractivity contribution in [1.29, 1.82) is 0 Å². The van der Waals surface area contributed by atoms with E-state index in [1.807, 2.05) is 37.0 Å². The highest BCUT2D eigenvalue weighted by Crippen LogP contribution is 2.24. The molecule has 2 rings (SSSR count). The maximum absolute atomic E-state index is 9.32. The first-order valence-electron chi connectivity index (χ1n) is 6.10. The molecule has 0 saturated heterocycles. The molecule has 0 radical (unpaired) electrons. The number of aliphatic hydroxyl groups excluding tert-OH is 1. The summed E-state index contributed by atoms with van der Waals surface area (Å²) in [6.45, 7) is 2.58. The number of hydrogen-bond donors (Lipinski definition) is 2. The molecule has 0 amide bonds. The number of nitrogens with zero attached hydrogens (tertiary/aromatic N) is 2. The second kappa shape index (κ2) is 6.13. The van der Waals surface area contributed by atoms with E-state index in [1.165, 1.54) is 4.88 Å². The average Bonchev–Trinajstić information content (AvgIpc) is 2.96. The van der Waals surface area contributed by atoms with E-state index in [4.69, 9.17) is 0 Å². The van der Waals surface area contributed by atoms with Gasteiger partial charge in [-0.15, -0.1) is 11.3 Å². The minimum Gasteiger partial charge on any atom is -0.393 e. The fourth-order valence-corrected chi connectivity index (χ4v) is 2.66. The SMILES string of the molecule is CC(O)CCNC(c1cccs1)c1nccn1C. The Morgan fingerprint density at radius 2 is 2.39 bits per heavy atom. The Labute approximate surface area is 111 Å². The lowest BCUT2D eigenvalue weighted by atomic mass is 10.2. The number of nitrogens with one attached hydrogen (secondary N) is 1. The number of aromatic nitrogens is 2. The monoisotopic (exact) mass is 265 g/mol. The van der Waals surface area contributed by atoms with Crippen LogP contribution in [0.3, 0.4) is 0 Å². The summed E-state index contributed by atoms with van der Waals surface area (Å²) in [5.74, 6) is 1.00. The van der Waals surface area contributed by atoms with Crippen LogP contribution in [-0.2, 0) is 7.05 Å². The summed E-state index contributed by atoms with van der Waals surface area (Å²) in [4.78, 5) is 5.66. The van der Waals surface area contributed by atoms with Crippen molar-refractivity contribution < 1.29 is 5.11 Å². The smallest absolute Gasteiger partial charge is 0.131 e. The highest BCUT2D eigenvalue weighted by Gasteiger charge is 2.18. The van der Waals surface area contributed by atoms with Crippen LogP contribution in [0, 0.1) is 0 Å². The van der Waals surface area contributed by atoms with Gasteiger partial charge < -0.3 is 15.0 Å². The average molecular weight is 265 g/mol. The summed E-state index contributed by atoms with van der Waals surface area (Å²) in [5.41, 5.74) is 0. The second-order valence-corrected chi connectivity index (χ2v) is 5.42. The lowest BCUT2D eigenvalue weighted by Gasteiger charge is -2.17. The first-order valence-corrected chi connectivity index (χ1v) is 6.98. The van der Waals surface area contributed by atoms with Crippen molar-refractivity contribution in [3.63, 3.8) is 0 Å². The van der Waals surface area contributed by atoms with Crippen LogP contribution in [0.25, 0.3) is 0 Å². The molecule has 0 aliphatic heterocycles. The van der Waals surface area contributed by atoms with Crippen LogP contribution in [0.15, 0.2) is 29.9 Å². The van der Waals surface area contributed by atoms with Gasteiger partial charge in [-0.3, -0.25) is 0 Å². The molecule has 2 N–H and O–H groups in total. The molecule has 2 unspecified atom stereocenters. The third kappa shape index (κ3) is 3.19. The number of thiophene rings is 1. The molecule has 0 bridgehead atoms. The molecule has 2 atom stereocenters. The van der Waals surface area contributed by atoms with Gasteiger partial charge in [0.05, 0.1) is 6.10 Å². The van der Waals surface area contributed by atoms with Crippen molar-refractivity contribution >= 4 is 11.3 Å². The summed E-state index contributed by atoms with van der Waals surface area (Å²) in [6, 6.07) is 4.26. The Balaban J connectivity index is 2.12. The van der Waals surface area contributed by atoms with Crippen LogP contribution in [-0.4, -0.2) is 27.3 Å². The minimum atomic E-state index is -0.275. The molecule has 0 aromatic carbocycles. The van der Waals surface area contributed by atoms with Gasteiger partial charge in [0.2, 0.25) is 0 Å². The lowest BCUT2D eigenvalue weighted by Crippen LogP contribution is -2.27. The molecular formula is C13H19N3OS. The molecule has 5 heteroatoms. The fourth-order valence-electron chi connectivity index (χ4n) is 1.87. The Bertz CT molecular complexity index is 464. The molecule has 0 spiro atoms. The number of hydrogen-bond acceptors (Lipinski definition) is 4. The van der Waals surface area contributed by atoms with Gasteiger partial charge in [-0.1, -0.05) is 6.07 Å². The molecular weight excluding hydrogens is 246 g/mol. The molecule has 0 saturated carbocycles. The zero-order valence-electron chi connectivity index (χ0n) is 10.7. The van der Waals surface area contributed by atoms with Crippen LogP contribution < -0.4 is 5.32 Å². The third-order valence-electron chi connectivity index (χ3n) is 2.85. The normalized spacial score (nSPS) is 14.6. The first-order chi connectivity index (χ1) is 8.68. The van der Waals surface area contributed by atoms with Gasteiger partial charge in [-0.05, 0) is 31.3 Å². The van der Waals surface area contributed by atoms with Gasteiger partial charge in [0.15, 0.2) is 0 Å². The maximum atomic E-state index is 9.32. The number of imidazole rings is 1. The number of rotatable bonds is 6. The molecule has 0 aliphatic rings. The molecule has 98 valence electrons.